The first-order valence-electron chi connectivity index (χ1n) is 6.29. The van der Waals surface area contributed by atoms with E-state index >= 15 is 0 Å². The van der Waals surface area contributed by atoms with Crippen molar-refractivity contribution in [2.75, 3.05) is 18.1 Å². The second kappa shape index (κ2) is 5.30. The number of ether oxygens (including phenoxy) is 1. The van der Waals surface area contributed by atoms with Crippen molar-refractivity contribution >= 4 is 17.6 Å². The Balaban J connectivity index is 2.37. The predicted octanol–water partition coefficient (Wildman–Crippen LogP) is 2.01. The van der Waals surface area contributed by atoms with Gasteiger partial charge in [0.15, 0.2) is 0 Å². The number of fused-ring (bicyclic) bond motifs is 1. The van der Waals surface area contributed by atoms with E-state index in [9.17, 15) is 9.59 Å². The lowest BCUT2D eigenvalue weighted by molar-refractivity contribution is -0.137. The highest BCUT2D eigenvalue weighted by molar-refractivity contribution is 5.94. The zero-order valence-corrected chi connectivity index (χ0v) is 11.0. The van der Waals surface area contributed by atoms with Crippen LogP contribution in [0.5, 0.6) is 5.75 Å². The number of benzene rings is 1. The Bertz CT molecular complexity index is 512. The number of hydrogen-bond acceptors (Lipinski definition) is 3. The summed E-state index contributed by atoms with van der Waals surface area (Å²) < 4.78 is 5.43. The van der Waals surface area contributed by atoms with Gasteiger partial charge in [-0.3, -0.25) is 9.59 Å². The van der Waals surface area contributed by atoms with Gasteiger partial charge >= 0.3 is 5.97 Å². The normalized spacial score (nSPS) is 17.2. The van der Waals surface area contributed by atoms with E-state index in [1.165, 1.54) is 6.92 Å². The Morgan fingerprint density at radius 3 is 2.79 bits per heavy atom. The minimum atomic E-state index is -0.858. The van der Waals surface area contributed by atoms with Gasteiger partial charge in [0.2, 0.25) is 5.91 Å². The van der Waals surface area contributed by atoms with Gasteiger partial charge in [-0.25, -0.2) is 0 Å². The molecule has 0 radical (unpaired) electrons. The van der Waals surface area contributed by atoms with Gasteiger partial charge in [0.05, 0.1) is 13.0 Å². The second-order valence-corrected chi connectivity index (χ2v) is 4.58. The third-order valence-corrected chi connectivity index (χ3v) is 3.24. The maximum absolute atomic E-state index is 11.6. The standard InChI is InChI=1S/C14H17NO4/c1-3-19-11-4-5-13-12(7-11)10(6-14(17)18)8-15(13)9(2)16/h4-5,7,10H,3,6,8H2,1-2H3,(H,17,18). The first kappa shape index (κ1) is 13.4. The number of carbonyl (C=O) groups is 2. The quantitative estimate of drug-likeness (QED) is 0.902. The van der Waals surface area contributed by atoms with Crippen LogP contribution in [0.2, 0.25) is 0 Å². The maximum Gasteiger partial charge on any atom is 0.304 e. The number of anilines is 1. The molecule has 0 aromatic heterocycles. The minimum Gasteiger partial charge on any atom is -0.494 e. The van der Waals surface area contributed by atoms with Crippen LogP contribution in [-0.4, -0.2) is 30.1 Å². The number of amides is 1. The molecule has 1 aromatic carbocycles. The summed E-state index contributed by atoms with van der Waals surface area (Å²) in [7, 11) is 0. The first-order valence-corrected chi connectivity index (χ1v) is 6.29. The van der Waals surface area contributed by atoms with Crippen LogP contribution >= 0.6 is 0 Å². The fraction of sp³-hybridized carbons (Fsp3) is 0.429. The van der Waals surface area contributed by atoms with Gasteiger partial charge in [0.25, 0.3) is 0 Å². The molecule has 1 aromatic rings. The van der Waals surface area contributed by atoms with Crippen molar-refractivity contribution in [3.8, 4) is 5.75 Å². The largest absolute Gasteiger partial charge is 0.494 e. The molecule has 1 heterocycles. The van der Waals surface area contributed by atoms with Gasteiger partial charge in [-0.05, 0) is 30.7 Å². The maximum atomic E-state index is 11.6. The zero-order chi connectivity index (χ0) is 14.0. The first-order chi connectivity index (χ1) is 9.02. The van der Waals surface area contributed by atoms with Crippen molar-refractivity contribution in [1.29, 1.82) is 0 Å². The zero-order valence-electron chi connectivity index (χ0n) is 11.0. The molecule has 1 N–H and O–H groups in total. The van der Waals surface area contributed by atoms with Crippen molar-refractivity contribution in [1.82, 2.24) is 0 Å². The van der Waals surface area contributed by atoms with Crippen LogP contribution < -0.4 is 9.64 Å². The van der Waals surface area contributed by atoms with E-state index in [4.69, 9.17) is 9.84 Å². The van der Waals surface area contributed by atoms with E-state index in [1.54, 1.807) is 11.0 Å². The van der Waals surface area contributed by atoms with Crippen molar-refractivity contribution in [3.05, 3.63) is 23.8 Å². The van der Waals surface area contributed by atoms with Crippen molar-refractivity contribution in [2.24, 2.45) is 0 Å². The molecule has 1 aliphatic rings. The molecule has 0 saturated heterocycles. The number of carbonyl (C=O) groups excluding carboxylic acids is 1. The Hall–Kier alpha value is -2.04. The number of hydrogen-bond donors (Lipinski definition) is 1. The van der Waals surface area contributed by atoms with E-state index in [-0.39, 0.29) is 18.2 Å². The fourth-order valence-electron chi connectivity index (χ4n) is 2.46. The van der Waals surface area contributed by atoms with Crippen molar-refractivity contribution in [2.45, 2.75) is 26.2 Å². The van der Waals surface area contributed by atoms with Gasteiger partial charge in [0.1, 0.15) is 5.75 Å². The predicted molar refractivity (Wildman–Crippen MR) is 70.6 cm³/mol. The highest BCUT2D eigenvalue weighted by Gasteiger charge is 2.32. The summed E-state index contributed by atoms with van der Waals surface area (Å²) in [4.78, 5) is 24.1. The summed E-state index contributed by atoms with van der Waals surface area (Å²) in [5.41, 5.74) is 1.67. The van der Waals surface area contributed by atoms with Gasteiger partial charge in [-0.1, -0.05) is 0 Å². The SMILES string of the molecule is CCOc1ccc2c(c1)C(CC(=O)O)CN2C(C)=O. The molecule has 19 heavy (non-hydrogen) atoms. The molecule has 1 amide bonds. The molecule has 1 atom stereocenters. The van der Waals surface area contributed by atoms with Gasteiger partial charge < -0.3 is 14.7 Å². The molecule has 0 saturated carbocycles. The molecule has 102 valence electrons. The average molecular weight is 263 g/mol. The Labute approximate surface area is 111 Å². The van der Waals surface area contributed by atoms with Gasteiger partial charge in [0, 0.05) is 25.1 Å². The molecule has 0 aliphatic carbocycles. The average Bonchev–Trinajstić information content (AvgIpc) is 2.68. The lowest BCUT2D eigenvalue weighted by Crippen LogP contribution is -2.27. The number of aliphatic carboxylic acids is 1. The van der Waals surface area contributed by atoms with Gasteiger partial charge in [-0.15, -0.1) is 0 Å². The molecule has 5 heteroatoms. The number of carboxylic acids is 1. The topological polar surface area (TPSA) is 66.8 Å². The Morgan fingerprint density at radius 2 is 2.21 bits per heavy atom. The summed E-state index contributed by atoms with van der Waals surface area (Å²) in [5, 5.41) is 8.96. The summed E-state index contributed by atoms with van der Waals surface area (Å²) in [5.74, 6) is -0.389. The smallest absolute Gasteiger partial charge is 0.304 e. The van der Waals surface area contributed by atoms with Crippen LogP contribution in [0.25, 0.3) is 0 Å². The van der Waals surface area contributed by atoms with Crippen molar-refractivity contribution < 1.29 is 19.4 Å². The van der Waals surface area contributed by atoms with Crippen LogP contribution in [0.4, 0.5) is 5.69 Å². The monoisotopic (exact) mass is 263 g/mol. The fourth-order valence-corrected chi connectivity index (χ4v) is 2.46. The van der Waals surface area contributed by atoms with Crippen LogP contribution in [0, 0.1) is 0 Å². The van der Waals surface area contributed by atoms with E-state index in [1.807, 2.05) is 19.1 Å². The molecule has 0 bridgehead atoms. The molecule has 0 spiro atoms. The molecule has 1 aliphatic heterocycles. The van der Waals surface area contributed by atoms with Crippen LogP contribution in [0.1, 0.15) is 31.7 Å². The molecule has 0 fully saturated rings. The Kier molecular flexibility index (Phi) is 3.74. The molecule has 1 unspecified atom stereocenters. The number of nitrogens with zero attached hydrogens (tertiary/aromatic N) is 1. The molecular formula is C14H17NO4. The summed E-state index contributed by atoms with van der Waals surface area (Å²) in [6.07, 6.45) is 0.0202. The minimum absolute atomic E-state index is 0.0202. The second-order valence-electron chi connectivity index (χ2n) is 4.58. The van der Waals surface area contributed by atoms with Crippen molar-refractivity contribution in [3.63, 3.8) is 0 Å². The van der Waals surface area contributed by atoms with Crippen LogP contribution in [0.15, 0.2) is 18.2 Å². The third kappa shape index (κ3) is 2.70. The van der Waals surface area contributed by atoms with Crippen LogP contribution in [-0.2, 0) is 9.59 Å². The highest BCUT2D eigenvalue weighted by atomic mass is 16.5. The summed E-state index contributed by atoms with van der Waals surface area (Å²) in [6.45, 7) is 4.36. The summed E-state index contributed by atoms with van der Waals surface area (Å²) in [6, 6.07) is 5.47. The lowest BCUT2D eigenvalue weighted by atomic mass is 9.98. The van der Waals surface area contributed by atoms with E-state index in [0.29, 0.717) is 18.9 Å². The third-order valence-electron chi connectivity index (χ3n) is 3.24. The molecule has 2 rings (SSSR count). The molecule has 5 nitrogen and oxygen atoms in total. The van der Waals surface area contributed by atoms with E-state index in [0.717, 1.165) is 11.3 Å². The Morgan fingerprint density at radius 1 is 1.47 bits per heavy atom. The number of rotatable bonds is 4. The summed E-state index contributed by atoms with van der Waals surface area (Å²) >= 11 is 0. The number of carboxylic acid groups (broad SMARTS) is 1. The molecular weight excluding hydrogens is 246 g/mol. The van der Waals surface area contributed by atoms with E-state index in [2.05, 4.69) is 0 Å². The van der Waals surface area contributed by atoms with Gasteiger partial charge in [-0.2, -0.15) is 0 Å². The van der Waals surface area contributed by atoms with E-state index < -0.39 is 5.97 Å². The lowest BCUT2D eigenvalue weighted by Gasteiger charge is -2.15. The van der Waals surface area contributed by atoms with Crippen LogP contribution in [0.3, 0.4) is 0 Å². The highest BCUT2D eigenvalue weighted by Crippen LogP contribution is 2.40.